The molecule has 3 heterocycles. The first-order valence-electron chi connectivity index (χ1n) is 16.9. The summed E-state index contributed by atoms with van der Waals surface area (Å²) < 4.78 is 63.1. The van der Waals surface area contributed by atoms with Crippen LogP contribution in [0.4, 0.5) is 14.5 Å². The van der Waals surface area contributed by atoms with Crippen molar-refractivity contribution < 1.29 is 31.8 Å². The number of aryl methyl sites for hydroxylation is 1. The fourth-order valence-electron chi connectivity index (χ4n) is 7.90. The first-order chi connectivity index (χ1) is 22.2. The van der Waals surface area contributed by atoms with E-state index in [0.29, 0.717) is 55.4 Å². The van der Waals surface area contributed by atoms with Crippen LogP contribution < -0.4 is 14.4 Å². The maximum atomic E-state index is 13.8. The van der Waals surface area contributed by atoms with E-state index in [0.717, 1.165) is 43.2 Å². The number of β-amino-alcohol motifs (C(OH)–C–C–N with tert-alkyl or cyclic N) is 1. The number of sulfonamides is 1. The number of alkyl halides is 2. The molecule has 258 valence electrons. The fraction of sp³-hybridized carbons (Fsp3) is 0.629. The lowest BCUT2D eigenvalue weighted by Gasteiger charge is -2.52. The van der Waals surface area contributed by atoms with Crippen molar-refractivity contribution in [1.82, 2.24) is 9.62 Å². The number of amides is 1. The molecule has 2 fully saturated rings. The van der Waals surface area contributed by atoms with Gasteiger partial charge in [0, 0.05) is 30.2 Å². The molecule has 1 aliphatic carbocycles. The summed E-state index contributed by atoms with van der Waals surface area (Å²) >= 11 is 6.32. The van der Waals surface area contributed by atoms with Crippen molar-refractivity contribution in [3.05, 3.63) is 58.1 Å². The van der Waals surface area contributed by atoms with Crippen molar-refractivity contribution in [2.45, 2.75) is 88.6 Å². The molecule has 12 heteroatoms. The Morgan fingerprint density at radius 3 is 2.55 bits per heavy atom. The van der Waals surface area contributed by atoms with Gasteiger partial charge in [-0.1, -0.05) is 31.0 Å². The minimum atomic E-state index is -4.01. The second-order valence-electron chi connectivity index (χ2n) is 14.4. The number of hydrogen-bond donors (Lipinski definition) is 2. The molecule has 1 saturated carbocycles. The van der Waals surface area contributed by atoms with Crippen LogP contribution in [0, 0.1) is 17.8 Å². The quantitative estimate of drug-likeness (QED) is 0.396. The number of halogens is 3. The number of fused-ring (bicyclic) bond motifs is 3. The Balaban J connectivity index is 1.37. The third-order valence-electron chi connectivity index (χ3n) is 11.0. The third-order valence-corrected chi connectivity index (χ3v) is 13.2. The SMILES string of the molecule is C[C@@H]1[C@@H](C)CCC[C@@](O)(CN2CC(F)(F)C2)[C@@H]2CC[C@H]2CN2CCCCc3cc(Cl)ccc3COc3ccc(cc32)C(=O)NS1(=O)=O. The number of anilines is 1. The minimum absolute atomic E-state index is 0.0958. The van der Waals surface area contributed by atoms with Gasteiger partial charge >= 0.3 is 0 Å². The number of aliphatic hydroxyl groups is 1. The van der Waals surface area contributed by atoms with Crippen LogP contribution in [0.3, 0.4) is 0 Å². The Hall–Kier alpha value is -2.47. The van der Waals surface area contributed by atoms with Gasteiger partial charge in [-0.2, -0.15) is 0 Å². The van der Waals surface area contributed by atoms with Gasteiger partial charge in [0.1, 0.15) is 12.4 Å². The number of likely N-dealkylation sites (tertiary alicyclic amines) is 1. The van der Waals surface area contributed by atoms with E-state index in [1.54, 1.807) is 30.0 Å². The summed E-state index contributed by atoms with van der Waals surface area (Å²) in [5.41, 5.74) is 1.89. The highest BCUT2D eigenvalue weighted by atomic mass is 35.5. The summed E-state index contributed by atoms with van der Waals surface area (Å²) in [5, 5.41) is 12.1. The van der Waals surface area contributed by atoms with E-state index in [1.807, 2.05) is 25.1 Å². The topological polar surface area (TPSA) is 99.2 Å². The Kier molecular flexibility index (Phi) is 9.84. The molecule has 1 amide bonds. The summed E-state index contributed by atoms with van der Waals surface area (Å²) in [4.78, 5) is 17.3. The number of nitrogens with one attached hydrogen (secondary N) is 1. The molecular weight excluding hydrogens is 648 g/mol. The number of carbonyl (C=O) groups is 1. The van der Waals surface area contributed by atoms with Crippen LogP contribution in [0.2, 0.25) is 5.02 Å². The van der Waals surface area contributed by atoms with Gasteiger partial charge in [0.25, 0.3) is 11.8 Å². The van der Waals surface area contributed by atoms with E-state index in [4.69, 9.17) is 16.3 Å². The van der Waals surface area contributed by atoms with Gasteiger partial charge in [-0.15, -0.1) is 0 Å². The summed E-state index contributed by atoms with van der Waals surface area (Å²) in [5.74, 6) is -3.13. The molecule has 0 radical (unpaired) electrons. The van der Waals surface area contributed by atoms with E-state index in [9.17, 15) is 27.1 Å². The third kappa shape index (κ3) is 7.58. The van der Waals surface area contributed by atoms with Gasteiger partial charge in [-0.05, 0) is 111 Å². The zero-order valence-electron chi connectivity index (χ0n) is 27.2. The van der Waals surface area contributed by atoms with Crippen LogP contribution in [0.5, 0.6) is 5.75 Å². The van der Waals surface area contributed by atoms with Crippen molar-refractivity contribution in [2.24, 2.45) is 17.8 Å². The molecule has 0 aromatic heterocycles. The molecule has 0 spiro atoms. The van der Waals surface area contributed by atoms with Crippen molar-refractivity contribution in [3.63, 3.8) is 0 Å². The summed E-state index contributed by atoms with van der Waals surface area (Å²) in [6, 6.07) is 10.8. The van der Waals surface area contributed by atoms with Gasteiger partial charge in [0.05, 0.1) is 29.6 Å². The molecule has 5 atom stereocenters. The van der Waals surface area contributed by atoms with E-state index in [1.165, 1.54) is 0 Å². The highest BCUT2D eigenvalue weighted by Gasteiger charge is 2.52. The smallest absolute Gasteiger partial charge is 0.272 e. The van der Waals surface area contributed by atoms with E-state index >= 15 is 0 Å². The number of nitrogens with zero attached hydrogens (tertiary/aromatic N) is 2. The summed E-state index contributed by atoms with van der Waals surface area (Å²) in [7, 11) is -4.01. The van der Waals surface area contributed by atoms with E-state index in [2.05, 4.69) is 9.62 Å². The predicted octanol–water partition coefficient (Wildman–Crippen LogP) is 6.04. The summed E-state index contributed by atoms with van der Waals surface area (Å²) in [6.45, 7) is 4.44. The van der Waals surface area contributed by atoms with Crippen molar-refractivity contribution in [2.75, 3.05) is 37.6 Å². The van der Waals surface area contributed by atoms with E-state index in [-0.39, 0.29) is 43.0 Å². The molecule has 8 nitrogen and oxygen atoms in total. The molecule has 3 aliphatic heterocycles. The standard InChI is InChI=1S/C35H46ClF2N3O5S/c1-23-6-5-14-34(43,20-40-21-35(37,38)22-40)30-12-9-27(30)18-41-15-4-3-7-25-16-29(36)11-8-28(25)19-46-32-13-10-26(17-31(32)41)33(42)39-47(44,45)24(23)2/h8,10-11,13,16-17,23-24,27,30,43H,3-7,9,12,14-15,18-22H2,1-2H3,(H,39,42)/t23-,24+,27-,30+,34+/m0/s1. The minimum Gasteiger partial charge on any atom is -0.487 e. The van der Waals surface area contributed by atoms with Gasteiger partial charge in [0.15, 0.2) is 0 Å². The number of carbonyl (C=O) groups excluding carboxylic acids is 1. The lowest BCUT2D eigenvalue weighted by Crippen LogP contribution is -2.63. The van der Waals surface area contributed by atoms with Gasteiger partial charge < -0.3 is 14.7 Å². The Bertz CT molecular complexity index is 1580. The second-order valence-corrected chi connectivity index (χ2v) is 16.9. The molecule has 2 aromatic rings. The molecular formula is C35H46ClF2N3O5S. The largest absolute Gasteiger partial charge is 0.487 e. The first kappa shape index (κ1) is 34.4. The summed E-state index contributed by atoms with van der Waals surface area (Å²) in [6.07, 6.45) is 5.71. The number of hydrogen-bond acceptors (Lipinski definition) is 7. The zero-order chi connectivity index (χ0) is 33.6. The molecule has 2 aromatic carbocycles. The fourth-order valence-corrected chi connectivity index (χ4v) is 9.40. The van der Waals surface area contributed by atoms with Crippen LogP contribution in [0.25, 0.3) is 0 Å². The highest BCUT2D eigenvalue weighted by Crippen LogP contribution is 2.47. The van der Waals surface area contributed by atoms with Gasteiger partial charge in [0.2, 0.25) is 10.0 Å². The molecule has 4 aliphatic rings. The maximum absolute atomic E-state index is 13.8. The Morgan fingerprint density at radius 1 is 1.04 bits per heavy atom. The molecule has 1 saturated heterocycles. The highest BCUT2D eigenvalue weighted by molar-refractivity contribution is 7.90. The van der Waals surface area contributed by atoms with Crippen molar-refractivity contribution in [1.29, 1.82) is 0 Å². The molecule has 2 N–H and O–H groups in total. The Morgan fingerprint density at radius 2 is 1.83 bits per heavy atom. The predicted molar refractivity (Wildman–Crippen MR) is 179 cm³/mol. The van der Waals surface area contributed by atoms with Gasteiger partial charge in [-0.25, -0.2) is 21.9 Å². The molecule has 0 unspecified atom stereocenters. The van der Waals surface area contributed by atoms with Crippen LogP contribution in [-0.4, -0.2) is 73.8 Å². The van der Waals surface area contributed by atoms with E-state index < -0.39 is 32.7 Å². The van der Waals surface area contributed by atoms with Crippen LogP contribution in [0.15, 0.2) is 36.4 Å². The van der Waals surface area contributed by atoms with Gasteiger partial charge in [-0.3, -0.25) is 9.69 Å². The normalized spacial score (nSPS) is 31.4. The average molecular weight is 694 g/mol. The average Bonchev–Trinajstić information content (AvgIpc) is 3.00. The second kappa shape index (κ2) is 13.4. The lowest BCUT2D eigenvalue weighted by atomic mass is 9.62. The van der Waals surface area contributed by atoms with Crippen molar-refractivity contribution >= 4 is 33.2 Å². The van der Waals surface area contributed by atoms with Crippen LogP contribution >= 0.6 is 11.6 Å². The van der Waals surface area contributed by atoms with Crippen molar-refractivity contribution in [3.8, 4) is 5.75 Å². The zero-order valence-corrected chi connectivity index (χ0v) is 28.8. The van der Waals surface area contributed by atoms with Crippen LogP contribution in [-0.2, 0) is 23.1 Å². The molecule has 6 rings (SSSR count). The maximum Gasteiger partial charge on any atom is 0.272 e. The molecule has 47 heavy (non-hydrogen) atoms. The van der Waals surface area contributed by atoms with Crippen LogP contribution in [0.1, 0.15) is 80.3 Å². The first-order valence-corrected chi connectivity index (χ1v) is 18.8. The monoisotopic (exact) mass is 693 g/mol. The number of rotatable bonds is 2. The number of ether oxygens (including phenoxy) is 1. The lowest BCUT2D eigenvalue weighted by molar-refractivity contribution is -0.173. The number of benzene rings is 2. The molecule has 2 bridgehead atoms. The Labute approximate surface area is 281 Å².